The number of halogens is 1. The molecule has 0 bridgehead atoms. The van der Waals surface area contributed by atoms with Gasteiger partial charge in [-0.05, 0) is 35.4 Å². The van der Waals surface area contributed by atoms with Crippen molar-refractivity contribution in [1.82, 2.24) is 9.21 Å². The van der Waals surface area contributed by atoms with Crippen LogP contribution in [0, 0.1) is 5.82 Å². The Kier molecular flexibility index (Phi) is 6.09. The molecule has 160 valence electrons. The van der Waals surface area contributed by atoms with Crippen LogP contribution in [0.2, 0.25) is 0 Å². The molecule has 1 heterocycles. The van der Waals surface area contributed by atoms with Gasteiger partial charge >= 0.3 is 5.97 Å². The number of ether oxygens (including phenoxy) is 1. The van der Waals surface area contributed by atoms with Crippen molar-refractivity contribution >= 4 is 21.9 Å². The van der Waals surface area contributed by atoms with E-state index in [1.54, 1.807) is 24.3 Å². The van der Waals surface area contributed by atoms with Gasteiger partial charge in [-0.1, -0.05) is 24.3 Å². The summed E-state index contributed by atoms with van der Waals surface area (Å²) in [5, 5.41) is 9.86. The van der Waals surface area contributed by atoms with E-state index in [2.05, 4.69) is 0 Å². The lowest BCUT2D eigenvalue weighted by molar-refractivity contribution is -0.153. The predicted molar refractivity (Wildman–Crippen MR) is 106 cm³/mol. The zero-order valence-electron chi connectivity index (χ0n) is 16.4. The molecule has 8 nitrogen and oxygen atoms in total. The van der Waals surface area contributed by atoms with Gasteiger partial charge in [-0.25, -0.2) is 12.8 Å². The Morgan fingerprint density at radius 3 is 2.27 bits per heavy atom. The molecule has 0 aromatic heterocycles. The molecule has 2 unspecified atom stereocenters. The monoisotopic (exact) mass is 436 g/mol. The molecule has 0 spiro atoms. The Labute approximate surface area is 173 Å². The van der Waals surface area contributed by atoms with Crippen LogP contribution in [0.1, 0.15) is 17.2 Å². The molecule has 0 saturated carbocycles. The molecule has 1 N–H and O–H groups in total. The first-order valence-corrected chi connectivity index (χ1v) is 10.8. The van der Waals surface area contributed by atoms with Gasteiger partial charge < -0.3 is 14.7 Å². The van der Waals surface area contributed by atoms with Crippen molar-refractivity contribution in [1.29, 1.82) is 0 Å². The molecule has 1 saturated heterocycles. The van der Waals surface area contributed by atoms with Crippen LogP contribution in [-0.2, 0) is 26.2 Å². The van der Waals surface area contributed by atoms with E-state index >= 15 is 0 Å². The van der Waals surface area contributed by atoms with Crippen molar-refractivity contribution < 1.29 is 32.2 Å². The third-order valence-electron chi connectivity index (χ3n) is 4.96. The SMILES string of the molecule is COc1ccc(CN2C(=O)CN(S(C)(=O)=O)C(C(=O)O)C2c2ccc(F)cc2)cc1. The van der Waals surface area contributed by atoms with Crippen LogP contribution in [0.4, 0.5) is 4.39 Å². The fraction of sp³-hybridized carbons (Fsp3) is 0.300. The number of benzene rings is 2. The molecule has 1 aliphatic rings. The third-order valence-corrected chi connectivity index (χ3v) is 6.17. The molecule has 2 atom stereocenters. The number of piperazine rings is 1. The highest BCUT2D eigenvalue weighted by molar-refractivity contribution is 7.88. The summed E-state index contributed by atoms with van der Waals surface area (Å²) in [4.78, 5) is 26.4. The normalized spacial score (nSPS) is 20.2. The second kappa shape index (κ2) is 8.41. The highest BCUT2D eigenvalue weighted by atomic mass is 32.2. The largest absolute Gasteiger partial charge is 0.497 e. The summed E-state index contributed by atoms with van der Waals surface area (Å²) in [7, 11) is -2.47. The number of nitrogens with zero attached hydrogens (tertiary/aromatic N) is 2. The van der Waals surface area contributed by atoms with E-state index in [1.807, 2.05) is 0 Å². The van der Waals surface area contributed by atoms with Gasteiger partial charge in [0.25, 0.3) is 0 Å². The molecule has 1 amide bonds. The van der Waals surface area contributed by atoms with Crippen molar-refractivity contribution in [2.45, 2.75) is 18.6 Å². The van der Waals surface area contributed by atoms with Crippen molar-refractivity contribution in [3.8, 4) is 5.75 Å². The van der Waals surface area contributed by atoms with Gasteiger partial charge in [-0.3, -0.25) is 9.59 Å². The molecule has 10 heteroatoms. The number of hydrogen-bond donors (Lipinski definition) is 1. The fourth-order valence-corrected chi connectivity index (χ4v) is 4.49. The maximum atomic E-state index is 13.5. The highest BCUT2D eigenvalue weighted by Crippen LogP contribution is 2.35. The molecule has 0 radical (unpaired) electrons. The summed E-state index contributed by atoms with van der Waals surface area (Å²) in [6, 6.07) is 9.17. The van der Waals surface area contributed by atoms with Crippen molar-refractivity contribution in [2.24, 2.45) is 0 Å². The first kappa shape index (κ1) is 21.7. The minimum absolute atomic E-state index is 0.0479. The van der Waals surface area contributed by atoms with Crippen LogP contribution >= 0.6 is 0 Å². The van der Waals surface area contributed by atoms with Crippen LogP contribution in [-0.4, -0.2) is 60.6 Å². The van der Waals surface area contributed by atoms with E-state index in [0.717, 1.165) is 18.4 Å². The minimum Gasteiger partial charge on any atom is -0.497 e. The van der Waals surface area contributed by atoms with E-state index in [1.165, 1.54) is 24.1 Å². The molecule has 2 aromatic carbocycles. The number of carbonyl (C=O) groups is 2. The van der Waals surface area contributed by atoms with Gasteiger partial charge in [0.15, 0.2) is 0 Å². The molecule has 1 aliphatic heterocycles. The van der Waals surface area contributed by atoms with Gasteiger partial charge in [0.2, 0.25) is 15.9 Å². The van der Waals surface area contributed by atoms with Gasteiger partial charge in [0.1, 0.15) is 17.6 Å². The first-order valence-electron chi connectivity index (χ1n) is 8.99. The second-order valence-corrected chi connectivity index (χ2v) is 8.89. The number of methoxy groups -OCH3 is 1. The molecule has 1 fully saturated rings. The Balaban J connectivity index is 2.08. The van der Waals surface area contributed by atoms with E-state index < -0.39 is 46.3 Å². The molecular weight excluding hydrogens is 415 g/mol. The summed E-state index contributed by atoms with van der Waals surface area (Å²) in [6.07, 6.45) is 0.858. The zero-order valence-corrected chi connectivity index (χ0v) is 17.2. The number of carboxylic acid groups (broad SMARTS) is 1. The van der Waals surface area contributed by atoms with Gasteiger partial charge in [0, 0.05) is 6.54 Å². The van der Waals surface area contributed by atoms with E-state index in [0.29, 0.717) is 21.2 Å². The van der Waals surface area contributed by atoms with Crippen LogP contribution < -0.4 is 4.74 Å². The maximum Gasteiger partial charge on any atom is 0.324 e. The number of aliphatic carboxylic acids is 1. The quantitative estimate of drug-likeness (QED) is 0.738. The Hall–Kier alpha value is -2.98. The van der Waals surface area contributed by atoms with Crippen LogP contribution in [0.3, 0.4) is 0 Å². The van der Waals surface area contributed by atoms with Crippen molar-refractivity contribution in [2.75, 3.05) is 19.9 Å². The van der Waals surface area contributed by atoms with Crippen molar-refractivity contribution in [3.63, 3.8) is 0 Å². The summed E-state index contributed by atoms with van der Waals surface area (Å²) >= 11 is 0. The fourth-order valence-electron chi connectivity index (χ4n) is 3.52. The van der Waals surface area contributed by atoms with Gasteiger partial charge in [0.05, 0.1) is 26.0 Å². The lowest BCUT2D eigenvalue weighted by Gasteiger charge is -2.44. The molecule has 3 rings (SSSR count). The maximum absolute atomic E-state index is 13.5. The average molecular weight is 436 g/mol. The van der Waals surface area contributed by atoms with Gasteiger partial charge in [-0.2, -0.15) is 4.31 Å². The second-order valence-electron chi connectivity index (χ2n) is 6.96. The third kappa shape index (κ3) is 4.44. The topological polar surface area (TPSA) is 104 Å². The summed E-state index contributed by atoms with van der Waals surface area (Å²) in [5.41, 5.74) is 1.02. The Morgan fingerprint density at radius 2 is 1.77 bits per heavy atom. The van der Waals surface area contributed by atoms with E-state index in [9.17, 15) is 27.5 Å². The molecular formula is C20H21FN2O6S. The summed E-state index contributed by atoms with van der Waals surface area (Å²) in [6.45, 7) is -0.546. The van der Waals surface area contributed by atoms with Crippen LogP contribution in [0.15, 0.2) is 48.5 Å². The number of amides is 1. The lowest BCUT2D eigenvalue weighted by atomic mass is 9.94. The van der Waals surface area contributed by atoms with Crippen LogP contribution in [0.25, 0.3) is 0 Å². The Bertz CT molecular complexity index is 1040. The van der Waals surface area contributed by atoms with Gasteiger partial charge in [-0.15, -0.1) is 0 Å². The van der Waals surface area contributed by atoms with E-state index in [-0.39, 0.29) is 6.54 Å². The number of rotatable bonds is 6. The summed E-state index contributed by atoms with van der Waals surface area (Å²) in [5.74, 6) is -1.87. The molecule has 30 heavy (non-hydrogen) atoms. The highest BCUT2D eigenvalue weighted by Gasteiger charge is 2.48. The Morgan fingerprint density at radius 1 is 1.17 bits per heavy atom. The first-order chi connectivity index (χ1) is 14.1. The number of hydrogen-bond acceptors (Lipinski definition) is 5. The minimum atomic E-state index is -3.99. The van der Waals surface area contributed by atoms with Crippen molar-refractivity contribution in [3.05, 3.63) is 65.5 Å². The predicted octanol–water partition coefficient (Wildman–Crippen LogP) is 1.63. The molecule has 2 aromatic rings. The van der Waals surface area contributed by atoms with Crippen LogP contribution in [0.5, 0.6) is 5.75 Å². The smallest absolute Gasteiger partial charge is 0.324 e. The number of carbonyl (C=O) groups excluding carboxylic acids is 1. The zero-order chi connectivity index (χ0) is 22.1. The average Bonchev–Trinajstić information content (AvgIpc) is 2.69. The summed E-state index contributed by atoms with van der Waals surface area (Å²) < 4.78 is 43.7. The number of carboxylic acids is 1. The lowest BCUT2D eigenvalue weighted by Crippen LogP contribution is -2.61. The standard InChI is InChI=1S/C20H21FN2O6S/c1-29-16-9-3-13(4-10-16)11-22-17(24)12-23(30(2,27)28)19(20(25)26)18(22)14-5-7-15(21)8-6-14/h3-10,18-19H,11-12H2,1-2H3,(H,25,26). The molecule has 0 aliphatic carbocycles. The van der Waals surface area contributed by atoms with E-state index in [4.69, 9.17) is 4.74 Å². The number of sulfonamides is 1.